The summed E-state index contributed by atoms with van der Waals surface area (Å²) in [6.45, 7) is 3.11. The lowest BCUT2D eigenvalue weighted by molar-refractivity contribution is -0.118. The van der Waals surface area contributed by atoms with Gasteiger partial charge in [0.1, 0.15) is 0 Å². The molecule has 1 heterocycles. The Morgan fingerprint density at radius 3 is 2.79 bits per heavy atom. The number of unbranched alkanes of at least 4 members (excludes halogenated alkanes) is 4. The van der Waals surface area contributed by atoms with E-state index in [0.29, 0.717) is 12.3 Å². The Kier molecular flexibility index (Phi) is 5.44. The van der Waals surface area contributed by atoms with Crippen LogP contribution in [0.3, 0.4) is 0 Å². The summed E-state index contributed by atoms with van der Waals surface area (Å²) in [5, 5.41) is 0. The highest BCUT2D eigenvalue weighted by molar-refractivity contribution is 5.94. The van der Waals surface area contributed by atoms with Crippen LogP contribution < -0.4 is 4.90 Å². The van der Waals surface area contributed by atoms with E-state index in [1.807, 2.05) is 11.0 Å². The lowest BCUT2D eigenvalue weighted by atomic mass is 10.0. The first-order valence-electron chi connectivity index (χ1n) is 7.71. The number of carbonyl (C=O) groups is 1. The van der Waals surface area contributed by atoms with Gasteiger partial charge >= 0.3 is 0 Å². The summed E-state index contributed by atoms with van der Waals surface area (Å²) < 4.78 is 0. The first kappa shape index (κ1) is 14.1. The minimum atomic E-state index is 0.309. The fourth-order valence-corrected chi connectivity index (χ4v) is 2.81. The van der Waals surface area contributed by atoms with Crippen molar-refractivity contribution in [1.29, 1.82) is 0 Å². The smallest absolute Gasteiger partial charge is 0.226 e. The van der Waals surface area contributed by atoms with Gasteiger partial charge in [0.25, 0.3) is 0 Å². The molecule has 0 aromatic heterocycles. The van der Waals surface area contributed by atoms with E-state index in [1.54, 1.807) is 0 Å². The molecule has 1 aromatic carbocycles. The zero-order chi connectivity index (χ0) is 13.5. The number of nitrogens with zero attached hydrogens (tertiary/aromatic N) is 1. The SMILES string of the molecule is CCCCCCCC(=O)N1CCCc2ccccc21. The van der Waals surface area contributed by atoms with Crippen molar-refractivity contribution in [3.8, 4) is 0 Å². The zero-order valence-electron chi connectivity index (χ0n) is 12.0. The molecule has 0 fully saturated rings. The van der Waals surface area contributed by atoms with Crippen molar-refractivity contribution in [2.45, 2.75) is 58.3 Å². The van der Waals surface area contributed by atoms with Crippen LogP contribution in [0.2, 0.25) is 0 Å². The summed E-state index contributed by atoms with van der Waals surface area (Å²) in [7, 11) is 0. The molecule has 0 radical (unpaired) electrons. The van der Waals surface area contributed by atoms with Crippen molar-refractivity contribution >= 4 is 11.6 Å². The number of fused-ring (bicyclic) bond motifs is 1. The molecular weight excluding hydrogens is 234 g/mol. The van der Waals surface area contributed by atoms with Gasteiger partial charge in [0.05, 0.1) is 0 Å². The number of hydrogen-bond acceptors (Lipinski definition) is 1. The standard InChI is InChI=1S/C17H25NO/c1-2-3-4-5-6-13-17(19)18-14-9-11-15-10-7-8-12-16(15)18/h7-8,10,12H,2-6,9,11,13-14H2,1H3. The van der Waals surface area contributed by atoms with E-state index in [0.717, 1.165) is 31.5 Å². The minimum absolute atomic E-state index is 0.309. The molecule has 2 heteroatoms. The number of amides is 1. The molecule has 0 unspecified atom stereocenters. The first-order valence-corrected chi connectivity index (χ1v) is 7.71. The summed E-state index contributed by atoms with van der Waals surface area (Å²) in [6, 6.07) is 8.34. The summed E-state index contributed by atoms with van der Waals surface area (Å²) >= 11 is 0. The molecule has 104 valence electrons. The summed E-state index contributed by atoms with van der Waals surface area (Å²) in [5.41, 5.74) is 2.47. The molecule has 2 nitrogen and oxygen atoms in total. The predicted molar refractivity (Wildman–Crippen MR) is 80.5 cm³/mol. The molecule has 0 N–H and O–H groups in total. The predicted octanol–water partition coefficient (Wildman–Crippen LogP) is 4.33. The van der Waals surface area contributed by atoms with Gasteiger partial charge in [-0.1, -0.05) is 50.8 Å². The highest BCUT2D eigenvalue weighted by Gasteiger charge is 2.21. The van der Waals surface area contributed by atoms with Gasteiger partial charge in [-0.3, -0.25) is 4.79 Å². The molecule has 1 amide bonds. The molecule has 0 bridgehead atoms. The number of anilines is 1. The van der Waals surface area contributed by atoms with Crippen LogP contribution in [0.4, 0.5) is 5.69 Å². The van der Waals surface area contributed by atoms with Crippen LogP contribution in [0.1, 0.15) is 57.4 Å². The van der Waals surface area contributed by atoms with Gasteiger partial charge < -0.3 is 4.90 Å². The number of aryl methyl sites for hydroxylation is 1. The second-order valence-corrected chi connectivity index (χ2v) is 5.44. The molecule has 1 aliphatic heterocycles. The minimum Gasteiger partial charge on any atom is -0.312 e. The van der Waals surface area contributed by atoms with E-state index in [4.69, 9.17) is 0 Å². The van der Waals surface area contributed by atoms with E-state index in [-0.39, 0.29) is 0 Å². The second-order valence-electron chi connectivity index (χ2n) is 5.44. The Hall–Kier alpha value is -1.31. The average molecular weight is 259 g/mol. The third kappa shape index (κ3) is 3.82. The van der Waals surface area contributed by atoms with Crippen LogP contribution in [0.5, 0.6) is 0 Å². The third-order valence-corrected chi connectivity index (χ3v) is 3.91. The molecule has 0 spiro atoms. The third-order valence-electron chi connectivity index (χ3n) is 3.91. The van der Waals surface area contributed by atoms with Crippen molar-refractivity contribution in [2.75, 3.05) is 11.4 Å². The van der Waals surface area contributed by atoms with Crippen LogP contribution in [0, 0.1) is 0 Å². The van der Waals surface area contributed by atoms with Gasteiger partial charge in [0.2, 0.25) is 5.91 Å². The van der Waals surface area contributed by atoms with Crippen LogP contribution in [0.15, 0.2) is 24.3 Å². The maximum atomic E-state index is 12.3. The van der Waals surface area contributed by atoms with Crippen molar-refractivity contribution in [3.63, 3.8) is 0 Å². The van der Waals surface area contributed by atoms with E-state index in [2.05, 4.69) is 25.1 Å². The average Bonchev–Trinajstić information content (AvgIpc) is 2.46. The fourth-order valence-electron chi connectivity index (χ4n) is 2.81. The monoisotopic (exact) mass is 259 g/mol. The molecule has 0 saturated heterocycles. The molecule has 2 rings (SSSR count). The molecule has 0 aliphatic carbocycles. The van der Waals surface area contributed by atoms with Crippen molar-refractivity contribution < 1.29 is 4.79 Å². The highest BCUT2D eigenvalue weighted by Crippen LogP contribution is 2.27. The van der Waals surface area contributed by atoms with Gasteiger partial charge in [0, 0.05) is 18.7 Å². The number of benzene rings is 1. The molecule has 0 atom stereocenters. The Bertz CT molecular complexity index is 413. The topological polar surface area (TPSA) is 20.3 Å². The zero-order valence-corrected chi connectivity index (χ0v) is 12.0. The normalized spacial score (nSPS) is 14.3. The Labute approximate surface area is 116 Å². The number of carbonyl (C=O) groups excluding carboxylic acids is 1. The fraction of sp³-hybridized carbons (Fsp3) is 0.588. The molecular formula is C17H25NO. The van der Waals surface area contributed by atoms with Gasteiger partial charge in [-0.25, -0.2) is 0 Å². The van der Waals surface area contributed by atoms with Gasteiger partial charge in [-0.2, -0.15) is 0 Å². The Morgan fingerprint density at radius 1 is 1.16 bits per heavy atom. The van der Waals surface area contributed by atoms with Gasteiger partial charge in [0.15, 0.2) is 0 Å². The molecule has 19 heavy (non-hydrogen) atoms. The van der Waals surface area contributed by atoms with Crippen LogP contribution in [-0.4, -0.2) is 12.5 Å². The van der Waals surface area contributed by atoms with Crippen molar-refractivity contribution in [3.05, 3.63) is 29.8 Å². The maximum Gasteiger partial charge on any atom is 0.226 e. The summed E-state index contributed by atoms with van der Waals surface area (Å²) in [4.78, 5) is 14.3. The largest absolute Gasteiger partial charge is 0.312 e. The van der Waals surface area contributed by atoms with E-state index in [9.17, 15) is 4.79 Å². The molecule has 1 aromatic rings. The lowest BCUT2D eigenvalue weighted by Crippen LogP contribution is -2.35. The summed E-state index contributed by atoms with van der Waals surface area (Å²) in [6.07, 6.45) is 8.95. The first-order chi connectivity index (χ1) is 9.33. The highest BCUT2D eigenvalue weighted by atomic mass is 16.2. The van der Waals surface area contributed by atoms with Crippen LogP contribution >= 0.6 is 0 Å². The van der Waals surface area contributed by atoms with Crippen LogP contribution in [-0.2, 0) is 11.2 Å². The molecule has 0 saturated carbocycles. The Balaban J connectivity index is 1.86. The van der Waals surface area contributed by atoms with Crippen molar-refractivity contribution in [1.82, 2.24) is 0 Å². The lowest BCUT2D eigenvalue weighted by Gasteiger charge is -2.29. The number of rotatable bonds is 6. The summed E-state index contributed by atoms with van der Waals surface area (Å²) in [5.74, 6) is 0.309. The van der Waals surface area contributed by atoms with E-state index in [1.165, 1.54) is 31.2 Å². The number of hydrogen-bond donors (Lipinski definition) is 0. The molecule has 1 aliphatic rings. The second kappa shape index (κ2) is 7.32. The van der Waals surface area contributed by atoms with E-state index >= 15 is 0 Å². The number of para-hydroxylation sites is 1. The van der Waals surface area contributed by atoms with Gasteiger partial charge in [-0.15, -0.1) is 0 Å². The van der Waals surface area contributed by atoms with E-state index < -0.39 is 0 Å². The van der Waals surface area contributed by atoms with Gasteiger partial charge in [-0.05, 0) is 30.9 Å². The van der Waals surface area contributed by atoms with Crippen LogP contribution in [0.25, 0.3) is 0 Å². The van der Waals surface area contributed by atoms with Crippen molar-refractivity contribution in [2.24, 2.45) is 0 Å². The quantitative estimate of drug-likeness (QED) is 0.696. The Morgan fingerprint density at radius 2 is 1.95 bits per heavy atom. The maximum absolute atomic E-state index is 12.3.